The molecule has 61 heavy (non-hydrogen) atoms. The Morgan fingerprint density at radius 1 is 0.361 bits per heavy atom. The molecule has 5 aliphatic carbocycles. The van der Waals surface area contributed by atoms with Gasteiger partial charge < -0.3 is 14.0 Å². The Labute approximate surface area is 356 Å². The molecule has 0 saturated heterocycles. The van der Waals surface area contributed by atoms with Crippen LogP contribution < -0.4 is 4.90 Å². The molecule has 0 unspecified atom stereocenters. The van der Waals surface area contributed by atoms with Crippen molar-refractivity contribution in [1.29, 1.82) is 0 Å². The van der Waals surface area contributed by atoms with Gasteiger partial charge in [-0.25, -0.2) is 0 Å². The Bertz CT molecular complexity index is 3200. The van der Waals surface area contributed by atoms with Crippen LogP contribution in [0.15, 0.2) is 188 Å². The first-order chi connectivity index (χ1) is 30.2. The summed E-state index contributed by atoms with van der Waals surface area (Å²) in [6, 6.07) is 70.7. The first kappa shape index (κ1) is 33.9. The van der Waals surface area contributed by atoms with Gasteiger partial charge in [0.15, 0.2) is 0 Å². The van der Waals surface area contributed by atoms with Crippen LogP contribution in [0.1, 0.15) is 43.2 Å². The van der Waals surface area contributed by atoms with Crippen molar-refractivity contribution >= 4 is 60.7 Å². The van der Waals surface area contributed by atoms with Gasteiger partial charge in [-0.15, -0.1) is 0 Å². The van der Waals surface area contributed by atoms with Crippen LogP contribution in [0.4, 0.5) is 17.1 Å². The van der Waals surface area contributed by atoms with Crippen LogP contribution in [0, 0.1) is 23.7 Å². The minimum absolute atomic E-state index is 0.138. The first-order valence-electron chi connectivity index (χ1n) is 22.4. The minimum Gasteiger partial charge on any atom is -0.310 e. The summed E-state index contributed by atoms with van der Waals surface area (Å²) in [5, 5.41) is 5.03. The molecule has 4 bridgehead atoms. The lowest BCUT2D eigenvalue weighted by atomic mass is 9.43. The van der Waals surface area contributed by atoms with Crippen molar-refractivity contribution in [2.24, 2.45) is 23.7 Å². The average Bonchev–Trinajstić information content (AvgIpc) is 3.93. The van der Waals surface area contributed by atoms with Crippen molar-refractivity contribution < 1.29 is 0 Å². The Hall–Kier alpha value is -6.84. The SMILES string of the molecule is c1ccc(-n2c3ccccc3c3cc(N(c4ccc5c(c4)-c4ccccc4C54C5CC6CC(C5)CC4C6)c4ccc5c(c4)c4ccccc4n5-c4ccccc4)ccc32)cc1. The third-order valence-electron chi connectivity index (χ3n) is 15.7. The Morgan fingerprint density at radius 2 is 0.803 bits per heavy atom. The van der Waals surface area contributed by atoms with Crippen LogP contribution in [0.2, 0.25) is 0 Å². The zero-order valence-electron chi connectivity index (χ0n) is 34.1. The number of aromatic nitrogens is 2. The number of rotatable bonds is 5. The van der Waals surface area contributed by atoms with Crippen molar-refractivity contribution in [2.75, 3.05) is 4.90 Å². The van der Waals surface area contributed by atoms with E-state index in [-0.39, 0.29) is 5.41 Å². The van der Waals surface area contributed by atoms with E-state index < -0.39 is 0 Å². The third kappa shape index (κ3) is 4.64. The lowest BCUT2D eigenvalue weighted by Crippen LogP contribution is -2.55. The maximum atomic E-state index is 2.57. The maximum Gasteiger partial charge on any atom is 0.0542 e. The fraction of sp³-hybridized carbons (Fsp3) is 0.172. The minimum atomic E-state index is 0.138. The number of hydrogen-bond donors (Lipinski definition) is 0. The van der Waals surface area contributed by atoms with E-state index in [1.807, 2.05) is 0 Å². The number of anilines is 3. The van der Waals surface area contributed by atoms with Crippen LogP contribution in [-0.2, 0) is 5.41 Å². The zero-order valence-corrected chi connectivity index (χ0v) is 34.1. The van der Waals surface area contributed by atoms with E-state index in [9.17, 15) is 0 Å². The summed E-state index contributed by atoms with van der Waals surface area (Å²) in [4.78, 5) is 2.53. The van der Waals surface area contributed by atoms with Gasteiger partial charge in [0.2, 0.25) is 0 Å². The molecule has 2 heterocycles. The van der Waals surface area contributed by atoms with Crippen molar-refractivity contribution in [3.05, 3.63) is 199 Å². The van der Waals surface area contributed by atoms with E-state index in [1.165, 1.54) is 104 Å². The monoisotopic (exact) mass is 783 g/mol. The van der Waals surface area contributed by atoms with Gasteiger partial charge in [0.05, 0.1) is 22.1 Å². The van der Waals surface area contributed by atoms with Crippen molar-refractivity contribution in [3.63, 3.8) is 0 Å². The lowest BCUT2D eigenvalue weighted by molar-refractivity contribution is -0.0399. The van der Waals surface area contributed by atoms with E-state index in [0.29, 0.717) is 0 Å². The average molecular weight is 784 g/mol. The molecule has 4 saturated carbocycles. The molecule has 0 radical (unpaired) electrons. The molecule has 1 spiro atoms. The van der Waals surface area contributed by atoms with Gasteiger partial charge in [0, 0.05) is 55.4 Å². The fourth-order valence-electron chi connectivity index (χ4n) is 13.6. The molecule has 10 aromatic rings. The summed E-state index contributed by atoms with van der Waals surface area (Å²) >= 11 is 0. The van der Waals surface area contributed by atoms with Gasteiger partial charge in [-0.2, -0.15) is 0 Å². The second-order valence-electron chi connectivity index (χ2n) is 18.6. The standard InChI is InChI=1S/C58H45N3/c1-3-13-41(14-4-1)60-54-21-11-8-18-47(54)50-35-44(24-27-56(50)60)59(45-25-28-57-51(36-45)48-19-9-12-22-55(48)61(57)42-15-5-2-6-16-42)43-23-26-53-49(34-43)46-17-7-10-20-52(46)58(53)39-30-37-29-38(32-39)33-40(58)31-37/h1-28,34-40H,29-33H2. The topological polar surface area (TPSA) is 13.1 Å². The predicted octanol–water partition coefficient (Wildman–Crippen LogP) is 15.1. The van der Waals surface area contributed by atoms with Crippen LogP contribution in [0.3, 0.4) is 0 Å². The summed E-state index contributed by atoms with van der Waals surface area (Å²) in [5.41, 5.74) is 17.0. The van der Waals surface area contributed by atoms with E-state index in [4.69, 9.17) is 0 Å². The van der Waals surface area contributed by atoms with Crippen LogP contribution in [0.5, 0.6) is 0 Å². The predicted molar refractivity (Wildman–Crippen MR) is 253 cm³/mol. The number of para-hydroxylation sites is 4. The van der Waals surface area contributed by atoms with Crippen LogP contribution >= 0.6 is 0 Å². The highest BCUT2D eigenvalue weighted by atomic mass is 15.1. The molecule has 3 heteroatoms. The number of hydrogen-bond acceptors (Lipinski definition) is 1. The van der Waals surface area contributed by atoms with Gasteiger partial charge >= 0.3 is 0 Å². The summed E-state index contributed by atoms with van der Waals surface area (Å²) in [7, 11) is 0. The molecule has 15 rings (SSSR count). The van der Waals surface area contributed by atoms with Crippen LogP contribution in [-0.4, -0.2) is 9.13 Å². The molecule has 2 aromatic heterocycles. The Balaban J connectivity index is 1.01. The second kappa shape index (κ2) is 12.6. The Kier molecular flexibility index (Phi) is 7.01. The summed E-state index contributed by atoms with van der Waals surface area (Å²) in [6.07, 6.45) is 7.03. The quantitative estimate of drug-likeness (QED) is 0.169. The smallest absolute Gasteiger partial charge is 0.0542 e. The van der Waals surface area contributed by atoms with Gasteiger partial charge in [-0.3, -0.25) is 0 Å². The molecular weight excluding hydrogens is 739 g/mol. The lowest BCUT2D eigenvalue weighted by Gasteiger charge is -2.61. The zero-order chi connectivity index (χ0) is 39.8. The highest BCUT2D eigenvalue weighted by Crippen LogP contribution is 2.69. The van der Waals surface area contributed by atoms with Crippen LogP contribution in [0.25, 0.3) is 66.1 Å². The molecule has 292 valence electrons. The summed E-state index contributed by atoms with van der Waals surface area (Å²) < 4.78 is 4.83. The first-order valence-corrected chi connectivity index (χ1v) is 22.4. The number of fused-ring (bicyclic) bond motifs is 9. The molecule has 4 fully saturated rings. The molecule has 0 aliphatic heterocycles. The van der Waals surface area contributed by atoms with Gasteiger partial charge in [0.1, 0.15) is 0 Å². The molecule has 0 amide bonds. The normalized spacial score (nSPS) is 22.2. The highest BCUT2D eigenvalue weighted by Gasteiger charge is 2.61. The maximum absolute atomic E-state index is 2.57. The van der Waals surface area contributed by atoms with E-state index in [2.05, 4.69) is 202 Å². The molecule has 0 atom stereocenters. The van der Waals surface area contributed by atoms with Gasteiger partial charge in [0.25, 0.3) is 0 Å². The molecular formula is C58H45N3. The largest absolute Gasteiger partial charge is 0.310 e. The van der Waals surface area contributed by atoms with Gasteiger partial charge in [-0.05, 0) is 163 Å². The highest BCUT2D eigenvalue weighted by molar-refractivity contribution is 6.12. The van der Waals surface area contributed by atoms with Crippen molar-refractivity contribution in [2.45, 2.75) is 37.5 Å². The molecule has 8 aromatic carbocycles. The molecule has 3 nitrogen and oxygen atoms in total. The fourth-order valence-corrected chi connectivity index (χ4v) is 13.6. The van der Waals surface area contributed by atoms with Crippen molar-refractivity contribution in [3.8, 4) is 22.5 Å². The summed E-state index contributed by atoms with van der Waals surface area (Å²) in [5.74, 6) is 3.32. The molecule has 5 aliphatic rings. The number of benzene rings is 8. The van der Waals surface area contributed by atoms with E-state index in [1.54, 1.807) is 11.1 Å². The van der Waals surface area contributed by atoms with E-state index in [0.717, 1.165) is 35.0 Å². The van der Waals surface area contributed by atoms with Crippen molar-refractivity contribution in [1.82, 2.24) is 9.13 Å². The third-order valence-corrected chi connectivity index (χ3v) is 15.7. The Morgan fingerprint density at radius 3 is 1.38 bits per heavy atom. The summed E-state index contributed by atoms with van der Waals surface area (Å²) in [6.45, 7) is 0. The number of nitrogens with zero attached hydrogens (tertiary/aromatic N) is 3. The van der Waals surface area contributed by atoms with Gasteiger partial charge in [-0.1, -0.05) is 103 Å². The molecule has 0 N–H and O–H groups in total. The van der Waals surface area contributed by atoms with E-state index >= 15 is 0 Å². The second-order valence-corrected chi connectivity index (χ2v) is 18.6.